The Morgan fingerprint density at radius 1 is 1.04 bits per heavy atom. The van der Waals surface area contributed by atoms with Gasteiger partial charge in [-0.3, -0.25) is 9.36 Å². The third-order valence-corrected chi connectivity index (χ3v) is 5.34. The van der Waals surface area contributed by atoms with Gasteiger partial charge in [0.15, 0.2) is 11.6 Å². The van der Waals surface area contributed by atoms with Gasteiger partial charge in [0.2, 0.25) is 11.1 Å². The number of aromatic nitrogens is 3. The van der Waals surface area contributed by atoms with E-state index in [2.05, 4.69) is 0 Å². The average Bonchev–Trinajstić information content (AvgIpc) is 3.29. The first-order chi connectivity index (χ1) is 13.2. The van der Waals surface area contributed by atoms with Gasteiger partial charge < -0.3 is 9.47 Å². The van der Waals surface area contributed by atoms with Crippen molar-refractivity contribution in [2.45, 2.75) is 24.9 Å². The Bertz CT molecular complexity index is 1050. The Kier molecular flexibility index (Phi) is 4.00. The first kappa shape index (κ1) is 16.6. The summed E-state index contributed by atoms with van der Waals surface area (Å²) in [5.74, 6) is 0.673. The predicted octanol–water partition coefficient (Wildman–Crippen LogP) is 3.33. The lowest BCUT2D eigenvalue weighted by Gasteiger charge is -2.26. The molecular weight excluding hydrogens is 362 g/mol. The number of ether oxygens (including phenoxy) is 2. The summed E-state index contributed by atoms with van der Waals surface area (Å²) < 4.78 is 15.4. The summed E-state index contributed by atoms with van der Waals surface area (Å²) in [6.07, 6.45) is -0.642. The minimum atomic E-state index is -0.731. The normalized spacial score (nSPS) is 24.3. The molecule has 2 bridgehead atoms. The summed E-state index contributed by atoms with van der Waals surface area (Å²) in [7, 11) is 0. The molecule has 1 aromatic heterocycles. The topological polar surface area (TPSA) is 58.3 Å². The second-order valence-electron chi connectivity index (χ2n) is 6.67. The molecule has 0 spiro atoms. The summed E-state index contributed by atoms with van der Waals surface area (Å²) in [5, 5.41) is 4.82. The fraction of sp³-hybridized carbons (Fsp3) is 0.250. The minimum Gasteiger partial charge on any atom is -0.343 e. The molecule has 6 nitrogen and oxygen atoms in total. The van der Waals surface area contributed by atoms with Crippen LogP contribution in [0.2, 0.25) is 0 Å². The van der Waals surface area contributed by atoms with Crippen LogP contribution in [0.1, 0.15) is 12.5 Å². The zero-order valence-corrected chi connectivity index (χ0v) is 15.2. The number of carbonyl (C=O) groups excluding carboxylic acids is 1. The minimum absolute atomic E-state index is 0.0637. The van der Waals surface area contributed by atoms with E-state index >= 15 is 0 Å². The second-order valence-corrected chi connectivity index (χ2v) is 7.03. The van der Waals surface area contributed by atoms with Gasteiger partial charge in [0.05, 0.1) is 12.6 Å². The van der Waals surface area contributed by atoms with Crippen molar-refractivity contribution >= 4 is 18.0 Å². The standard InChI is InChI=1S/C20H17N3O3S/c24-16-11-15(17-12-25-19(16)26-17)23-20(27)22(14-9-5-2-6-10-14)18(21-23)13-7-3-1-4-8-13/h1-10,15,17,19H,11-12H2/t15-,17+,19+/m1/s1. The molecule has 0 N–H and O–H groups in total. The van der Waals surface area contributed by atoms with E-state index < -0.39 is 6.29 Å². The van der Waals surface area contributed by atoms with Crippen molar-refractivity contribution in [1.29, 1.82) is 0 Å². The second kappa shape index (κ2) is 6.53. The summed E-state index contributed by atoms with van der Waals surface area (Å²) in [6.45, 7) is 0.377. The van der Waals surface area contributed by atoms with Crippen molar-refractivity contribution in [2.24, 2.45) is 0 Å². The van der Waals surface area contributed by atoms with E-state index in [0.717, 1.165) is 17.1 Å². The predicted molar refractivity (Wildman–Crippen MR) is 101 cm³/mol. The quantitative estimate of drug-likeness (QED) is 0.654. The van der Waals surface area contributed by atoms with Gasteiger partial charge in [0, 0.05) is 17.7 Å². The molecule has 0 aliphatic carbocycles. The van der Waals surface area contributed by atoms with Crippen LogP contribution in [0.25, 0.3) is 17.1 Å². The number of rotatable bonds is 3. The third-order valence-electron chi connectivity index (χ3n) is 4.97. The fourth-order valence-electron chi connectivity index (χ4n) is 3.65. The maximum absolute atomic E-state index is 12.2. The first-order valence-electron chi connectivity index (χ1n) is 8.84. The van der Waals surface area contributed by atoms with Crippen LogP contribution < -0.4 is 0 Å². The molecule has 0 amide bonds. The molecular formula is C20H17N3O3S. The van der Waals surface area contributed by atoms with Crippen LogP contribution in [0.5, 0.6) is 0 Å². The van der Waals surface area contributed by atoms with Gasteiger partial charge >= 0.3 is 0 Å². The molecule has 3 heterocycles. The van der Waals surface area contributed by atoms with Crippen LogP contribution in [-0.2, 0) is 14.3 Å². The number of nitrogens with zero attached hydrogens (tertiary/aromatic N) is 3. The molecule has 0 saturated carbocycles. The number of para-hydroxylation sites is 1. The van der Waals surface area contributed by atoms with Crippen molar-refractivity contribution in [3.05, 3.63) is 65.4 Å². The van der Waals surface area contributed by atoms with Crippen LogP contribution in [0, 0.1) is 4.77 Å². The lowest BCUT2D eigenvalue weighted by Crippen LogP contribution is -2.37. The number of hydrogen-bond acceptors (Lipinski definition) is 5. The monoisotopic (exact) mass is 379 g/mol. The van der Waals surface area contributed by atoms with Crippen molar-refractivity contribution in [3.8, 4) is 17.1 Å². The molecule has 2 aliphatic heterocycles. The lowest BCUT2D eigenvalue weighted by atomic mass is 10.0. The zero-order valence-electron chi connectivity index (χ0n) is 14.4. The first-order valence-corrected chi connectivity index (χ1v) is 9.25. The SMILES string of the molecule is O=C1C[C@@H](n2nc(-c3ccccc3)n(-c3ccccc3)c2=S)[C@@H]2CO[C@H]1O2. The van der Waals surface area contributed by atoms with E-state index in [1.165, 1.54) is 0 Å². The summed E-state index contributed by atoms with van der Waals surface area (Å²) in [6, 6.07) is 19.5. The van der Waals surface area contributed by atoms with Gasteiger partial charge in [-0.1, -0.05) is 48.5 Å². The van der Waals surface area contributed by atoms with Gasteiger partial charge in [-0.15, -0.1) is 0 Å². The molecule has 3 atom stereocenters. The molecule has 7 heteroatoms. The Labute approximate surface area is 161 Å². The van der Waals surface area contributed by atoms with Crippen molar-refractivity contribution in [1.82, 2.24) is 14.3 Å². The highest BCUT2D eigenvalue weighted by Crippen LogP contribution is 2.34. The van der Waals surface area contributed by atoms with Gasteiger partial charge in [0.25, 0.3) is 0 Å². The molecule has 0 unspecified atom stereocenters. The summed E-state index contributed by atoms with van der Waals surface area (Å²) in [5.41, 5.74) is 1.88. The van der Waals surface area contributed by atoms with E-state index in [-0.39, 0.29) is 17.9 Å². The van der Waals surface area contributed by atoms with Gasteiger partial charge in [0.1, 0.15) is 6.10 Å². The summed E-state index contributed by atoms with van der Waals surface area (Å²) in [4.78, 5) is 12.2. The van der Waals surface area contributed by atoms with E-state index in [4.69, 9.17) is 26.8 Å². The largest absolute Gasteiger partial charge is 0.343 e. The molecule has 2 aromatic carbocycles. The third kappa shape index (κ3) is 2.75. The number of Topliss-reactive ketones (excluding diaryl/α,β-unsaturated/α-hetero) is 1. The number of carbonyl (C=O) groups is 1. The van der Waals surface area contributed by atoms with Gasteiger partial charge in [-0.2, -0.15) is 5.10 Å². The van der Waals surface area contributed by atoms with E-state index in [9.17, 15) is 4.79 Å². The highest BCUT2D eigenvalue weighted by molar-refractivity contribution is 7.71. The number of hydrogen-bond donors (Lipinski definition) is 0. The number of ketones is 1. The van der Waals surface area contributed by atoms with Gasteiger partial charge in [-0.05, 0) is 24.4 Å². The van der Waals surface area contributed by atoms with E-state index in [1.807, 2.05) is 65.2 Å². The maximum atomic E-state index is 12.2. The Morgan fingerprint density at radius 3 is 2.48 bits per heavy atom. The van der Waals surface area contributed by atoms with Crippen molar-refractivity contribution in [2.75, 3.05) is 6.61 Å². The van der Waals surface area contributed by atoms with Crippen LogP contribution in [0.4, 0.5) is 0 Å². The Hall–Kier alpha value is -2.61. The number of fused-ring (bicyclic) bond motifs is 2. The molecule has 2 fully saturated rings. The Morgan fingerprint density at radius 2 is 1.74 bits per heavy atom. The van der Waals surface area contributed by atoms with Crippen molar-refractivity contribution < 1.29 is 14.3 Å². The zero-order chi connectivity index (χ0) is 18.4. The van der Waals surface area contributed by atoms with E-state index in [1.54, 1.807) is 4.68 Å². The van der Waals surface area contributed by atoms with Crippen LogP contribution in [0.3, 0.4) is 0 Å². The lowest BCUT2D eigenvalue weighted by molar-refractivity contribution is -0.156. The Balaban J connectivity index is 1.69. The highest BCUT2D eigenvalue weighted by atomic mass is 32.1. The van der Waals surface area contributed by atoms with Crippen LogP contribution in [0.15, 0.2) is 60.7 Å². The smallest absolute Gasteiger partial charge is 0.218 e. The molecule has 3 aromatic rings. The van der Waals surface area contributed by atoms with Crippen LogP contribution in [-0.4, -0.2) is 39.1 Å². The van der Waals surface area contributed by atoms with E-state index in [0.29, 0.717) is 17.8 Å². The van der Waals surface area contributed by atoms with Crippen molar-refractivity contribution in [3.63, 3.8) is 0 Å². The molecule has 2 aliphatic rings. The van der Waals surface area contributed by atoms with Gasteiger partial charge in [-0.25, -0.2) is 4.68 Å². The molecule has 136 valence electrons. The summed E-state index contributed by atoms with van der Waals surface area (Å²) >= 11 is 5.78. The number of benzene rings is 2. The molecule has 2 saturated heterocycles. The molecule has 5 rings (SSSR count). The average molecular weight is 379 g/mol. The fourth-order valence-corrected chi connectivity index (χ4v) is 4.02. The highest BCUT2D eigenvalue weighted by Gasteiger charge is 2.45. The maximum Gasteiger partial charge on any atom is 0.218 e. The van der Waals surface area contributed by atoms with Crippen LogP contribution >= 0.6 is 12.2 Å². The molecule has 27 heavy (non-hydrogen) atoms. The molecule has 0 radical (unpaired) electrons.